The molecule has 1 heterocycles. The minimum atomic E-state index is -0.566. The van der Waals surface area contributed by atoms with E-state index in [1.165, 1.54) is 14.2 Å². The van der Waals surface area contributed by atoms with E-state index < -0.39 is 11.9 Å². The Morgan fingerprint density at radius 3 is 2.62 bits per heavy atom. The van der Waals surface area contributed by atoms with Crippen molar-refractivity contribution in [3.05, 3.63) is 28.6 Å². The van der Waals surface area contributed by atoms with Gasteiger partial charge in [0.1, 0.15) is 6.29 Å². The Morgan fingerprint density at radius 1 is 1.24 bits per heavy atom. The van der Waals surface area contributed by atoms with E-state index in [1.54, 1.807) is 18.2 Å². The van der Waals surface area contributed by atoms with Crippen LogP contribution in [0.25, 0.3) is 10.1 Å². The minimum absolute atomic E-state index is 0.236. The molecule has 21 heavy (non-hydrogen) atoms. The highest BCUT2D eigenvalue weighted by molar-refractivity contribution is 7.21. The number of fused-ring (bicyclic) bond motifs is 1. The molecule has 2 aromatic rings. The molecule has 6 nitrogen and oxygen atoms in total. The number of rotatable bonds is 5. The van der Waals surface area contributed by atoms with Crippen LogP contribution in [0, 0.1) is 0 Å². The van der Waals surface area contributed by atoms with Crippen LogP contribution in [-0.2, 0) is 14.3 Å². The first-order valence-corrected chi connectivity index (χ1v) is 6.72. The Labute approximate surface area is 124 Å². The number of benzene rings is 1. The molecule has 0 aliphatic rings. The lowest BCUT2D eigenvalue weighted by molar-refractivity contribution is -0.142. The smallest absolute Gasteiger partial charge is 0.351 e. The van der Waals surface area contributed by atoms with Gasteiger partial charge in [-0.3, -0.25) is 4.79 Å². The highest BCUT2D eigenvalue weighted by Gasteiger charge is 2.21. The van der Waals surface area contributed by atoms with Gasteiger partial charge in [0.15, 0.2) is 17.2 Å². The van der Waals surface area contributed by atoms with E-state index in [1.807, 2.05) is 0 Å². The summed E-state index contributed by atoms with van der Waals surface area (Å²) < 4.78 is 15.3. The van der Waals surface area contributed by atoms with Crippen LogP contribution in [0.15, 0.2) is 18.2 Å². The molecule has 0 bridgehead atoms. The lowest BCUT2D eigenvalue weighted by Crippen LogP contribution is -2.13. The summed E-state index contributed by atoms with van der Waals surface area (Å²) in [4.78, 5) is 34.0. The topological polar surface area (TPSA) is 78.9 Å². The van der Waals surface area contributed by atoms with E-state index >= 15 is 0 Å². The van der Waals surface area contributed by atoms with Gasteiger partial charge in [-0.2, -0.15) is 0 Å². The summed E-state index contributed by atoms with van der Waals surface area (Å²) in [5.74, 6) is -0.872. The lowest BCUT2D eigenvalue weighted by atomic mass is 10.2. The highest BCUT2D eigenvalue weighted by Crippen LogP contribution is 2.38. The Bertz CT molecular complexity index is 703. The second-order valence-corrected chi connectivity index (χ2v) is 5.04. The van der Waals surface area contributed by atoms with Gasteiger partial charge in [0.05, 0.1) is 14.2 Å². The van der Waals surface area contributed by atoms with Crippen molar-refractivity contribution in [1.29, 1.82) is 0 Å². The van der Waals surface area contributed by atoms with Gasteiger partial charge in [-0.15, -0.1) is 11.3 Å². The molecule has 0 aliphatic heterocycles. The fourth-order valence-electron chi connectivity index (χ4n) is 1.72. The van der Waals surface area contributed by atoms with E-state index in [9.17, 15) is 14.4 Å². The molecule has 0 N–H and O–H groups in total. The third-order valence-electron chi connectivity index (χ3n) is 2.74. The summed E-state index contributed by atoms with van der Waals surface area (Å²) in [6, 6.07) is 4.91. The van der Waals surface area contributed by atoms with Gasteiger partial charge in [0, 0.05) is 15.6 Å². The van der Waals surface area contributed by atoms with Gasteiger partial charge in [0.25, 0.3) is 0 Å². The van der Waals surface area contributed by atoms with Gasteiger partial charge < -0.3 is 14.2 Å². The predicted molar refractivity (Wildman–Crippen MR) is 76.1 cm³/mol. The van der Waals surface area contributed by atoms with Gasteiger partial charge >= 0.3 is 11.9 Å². The second-order valence-electron chi connectivity index (χ2n) is 3.99. The van der Waals surface area contributed by atoms with Crippen LogP contribution in [0.4, 0.5) is 0 Å². The molecule has 0 spiro atoms. The van der Waals surface area contributed by atoms with Crippen LogP contribution in [0.1, 0.15) is 20.0 Å². The normalized spacial score (nSPS) is 10.2. The Kier molecular flexibility index (Phi) is 4.54. The third kappa shape index (κ3) is 3.03. The predicted octanol–water partition coefficient (Wildman–Crippen LogP) is 2.05. The van der Waals surface area contributed by atoms with Crippen molar-refractivity contribution < 1.29 is 28.6 Å². The molecule has 0 aliphatic carbocycles. The zero-order valence-corrected chi connectivity index (χ0v) is 12.2. The number of ether oxygens (including phenoxy) is 3. The van der Waals surface area contributed by atoms with E-state index in [2.05, 4.69) is 4.74 Å². The molecule has 7 heteroatoms. The summed E-state index contributed by atoms with van der Waals surface area (Å²) in [6.45, 7) is -0.318. The monoisotopic (exact) mass is 308 g/mol. The fourth-order valence-corrected chi connectivity index (χ4v) is 2.84. The number of esters is 2. The van der Waals surface area contributed by atoms with Crippen LogP contribution in [-0.4, -0.2) is 39.1 Å². The van der Waals surface area contributed by atoms with Crippen molar-refractivity contribution in [1.82, 2.24) is 0 Å². The molecule has 2 rings (SSSR count). The van der Waals surface area contributed by atoms with Crippen LogP contribution < -0.4 is 4.74 Å². The number of carbonyl (C=O) groups is 3. The summed E-state index contributed by atoms with van der Waals surface area (Å²) in [5, 5.41) is 0.634. The van der Waals surface area contributed by atoms with Gasteiger partial charge in [-0.1, -0.05) is 6.07 Å². The van der Waals surface area contributed by atoms with E-state index in [-0.39, 0.29) is 17.2 Å². The molecule has 0 unspecified atom stereocenters. The van der Waals surface area contributed by atoms with Gasteiger partial charge in [-0.25, -0.2) is 9.59 Å². The van der Waals surface area contributed by atoms with Crippen molar-refractivity contribution in [3.8, 4) is 5.75 Å². The van der Waals surface area contributed by atoms with Crippen LogP contribution in [0.5, 0.6) is 5.75 Å². The molecule has 110 valence electrons. The first kappa shape index (κ1) is 15.0. The molecule has 1 aromatic carbocycles. The molecule has 0 saturated heterocycles. The first-order valence-electron chi connectivity index (χ1n) is 5.90. The molecule has 0 amide bonds. The molecule has 0 radical (unpaired) electrons. The summed E-state index contributed by atoms with van der Waals surface area (Å²) in [7, 11) is 2.50. The van der Waals surface area contributed by atoms with Crippen LogP contribution >= 0.6 is 11.3 Å². The number of hydrogen-bond donors (Lipinski definition) is 0. The molecule has 0 fully saturated rings. The van der Waals surface area contributed by atoms with E-state index in [0.29, 0.717) is 21.9 Å². The summed E-state index contributed by atoms with van der Waals surface area (Å²) in [6.07, 6.45) is 0.714. The largest absolute Gasteiger partial charge is 0.479 e. The minimum Gasteiger partial charge on any atom is -0.479 e. The standard InChI is InChI=1S/C14H12O6S/c1-18-11(16)7-20-12-9-4-3-8(6-15)5-10(9)21-13(12)14(17)19-2/h3-6H,7H2,1-2H3. The van der Waals surface area contributed by atoms with E-state index in [4.69, 9.17) is 9.47 Å². The fraction of sp³-hybridized carbons (Fsp3) is 0.214. The van der Waals surface area contributed by atoms with Gasteiger partial charge in [0.2, 0.25) is 0 Å². The average Bonchev–Trinajstić information content (AvgIpc) is 2.89. The Balaban J connectivity index is 2.49. The number of methoxy groups -OCH3 is 2. The number of aldehydes is 1. The lowest BCUT2D eigenvalue weighted by Gasteiger charge is -2.05. The highest BCUT2D eigenvalue weighted by atomic mass is 32.1. The molecule has 0 saturated carbocycles. The van der Waals surface area contributed by atoms with Crippen molar-refractivity contribution >= 4 is 39.6 Å². The molecule has 0 atom stereocenters. The molecule has 1 aromatic heterocycles. The maximum Gasteiger partial charge on any atom is 0.351 e. The van der Waals surface area contributed by atoms with Crippen LogP contribution in [0.3, 0.4) is 0 Å². The second kappa shape index (κ2) is 6.36. The number of thiophene rings is 1. The number of carbonyl (C=O) groups excluding carboxylic acids is 3. The maximum atomic E-state index is 11.8. The van der Waals surface area contributed by atoms with Crippen molar-refractivity contribution in [2.24, 2.45) is 0 Å². The van der Waals surface area contributed by atoms with Crippen molar-refractivity contribution in [2.45, 2.75) is 0 Å². The third-order valence-corrected chi connectivity index (χ3v) is 3.85. The van der Waals surface area contributed by atoms with E-state index in [0.717, 1.165) is 11.3 Å². The molecular weight excluding hydrogens is 296 g/mol. The quantitative estimate of drug-likeness (QED) is 0.621. The SMILES string of the molecule is COC(=O)COc1c(C(=O)OC)sc2cc(C=O)ccc12. The maximum absolute atomic E-state index is 11.8. The molecular formula is C14H12O6S. The van der Waals surface area contributed by atoms with Crippen molar-refractivity contribution in [2.75, 3.05) is 20.8 Å². The first-order chi connectivity index (χ1) is 10.1. The van der Waals surface area contributed by atoms with Crippen LogP contribution in [0.2, 0.25) is 0 Å². The van der Waals surface area contributed by atoms with Gasteiger partial charge in [-0.05, 0) is 12.1 Å². The average molecular weight is 308 g/mol. The Hall–Kier alpha value is -2.41. The zero-order chi connectivity index (χ0) is 15.4. The zero-order valence-electron chi connectivity index (χ0n) is 11.4. The number of hydrogen-bond acceptors (Lipinski definition) is 7. The summed E-state index contributed by atoms with van der Waals surface area (Å²) in [5.41, 5.74) is 0.486. The summed E-state index contributed by atoms with van der Waals surface area (Å²) >= 11 is 1.13. The van der Waals surface area contributed by atoms with Crippen molar-refractivity contribution in [3.63, 3.8) is 0 Å². The Morgan fingerprint density at radius 2 is 2.00 bits per heavy atom.